The summed E-state index contributed by atoms with van der Waals surface area (Å²) in [6.07, 6.45) is 0. The van der Waals surface area contributed by atoms with Crippen LogP contribution in [0.5, 0.6) is 0 Å². The van der Waals surface area contributed by atoms with Gasteiger partial charge in [-0.25, -0.2) is 9.69 Å². The summed E-state index contributed by atoms with van der Waals surface area (Å²) in [5.74, 6) is -0.229. The van der Waals surface area contributed by atoms with Gasteiger partial charge in [-0.3, -0.25) is 4.79 Å². The Morgan fingerprint density at radius 2 is 1.83 bits per heavy atom. The summed E-state index contributed by atoms with van der Waals surface area (Å²) < 4.78 is 0.940. The van der Waals surface area contributed by atoms with Crippen LogP contribution in [0.3, 0.4) is 0 Å². The lowest BCUT2D eigenvalue weighted by Crippen LogP contribution is -2.33. The quantitative estimate of drug-likeness (QED) is 0.722. The highest BCUT2D eigenvalue weighted by molar-refractivity contribution is 9.10. The molecule has 0 radical (unpaired) electrons. The second-order valence-corrected chi connectivity index (χ2v) is 6.72. The molecule has 0 saturated carbocycles. The van der Waals surface area contributed by atoms with Crippen molar-refractivity contribution in [2.75, 3.05) is 4.90 Å². The number of hydrogen-bond acceptors (Lipinski definition) is 2. The maximum absolute atomic E-state index is 12.7. The smallest absolute Gasteiger partial charge is 0.308 e. The zero-order valence-corrected chi connectivity index (χ0v) is 14.7. The van der Waals surface area contributed by atoms with E-state index in [2.05, 4.69) is 15.9 Å². The number of imide groups is 1. The molecule has 23 heavy (non-hydrogen) atoms. The molecule has 1 atom stereocenters. The van der Waals surface area contributed by atoms with Crippen molar-refractivity contribution in [1.29, 1.82) is 0 Å². The van der Waals surface area contributed by atoms with Crippen LogP contribution in [-0.2, 0) is 11.3 Å². The highest BCUT2D eigenvalue weighted by Gasteiger charge is 2.43. The molecule has 2 aromatic rings. The summed E-state index contributed by atoms with van der Waals surface area (Å²) in [7, 11) is 0. The summed E-state index contributed by atoms with van der Waals surface area (Å²) in [5.41, 5.74) is 1.50. The molecular weight excluding hydrogens is 380 g/mol. The molecule has 4 nitrogen and oxygen atoms in total. The number of carbonyl (C=O) groups is 2. The second kappa shape index (κ2) is 6.34. The molecule has 1 fully saturated rings. The molecule has 0 bridgehead atoms. The Morgan fingerprint density at radius 1 is 1.13 bits per heavy atom. The van der Waals surface area contributed by atoms with Crippen LogP contribution in [0.25, 0.3) is 0 Å². The molecule has 0 unspecified atom stereocenters. The van der Waals surface area contributed by atoms with Gasteiger partial charge in [0.25, 0.3) is 5.91 Å². The predicted molar refractivity (Wildman–Crippen MR) is 93.5 cm³/mol. The number of rotatable bonds is 3. The number of amides is 3. The van der Waals surface area contributed by atoms with E-state index in [9.17, 15) is 9.59 Å². The zero-order valence-electron chi connectivity index (χ0n) is 12.4. The zero-order chi connectivity index (χ0) is 16.6. The van der Waals surface area contributed by atoms with Gasteiger partial charge < -0.3 is 4.90 Å². The average Bonchev–Trinajstić information content (AvgIpc) is 2.73. The van der Waals surface area contributed by atoms with Crippen molar-refractivity contribution < 1.29 is 9.59 Å². The van der Waals surface area contributed by atoms with Crippen molar-refractivity contribution in [3.05, 3.63) is 63.6 Å². The lowest BCUT2D eigenvalue weighted by molar-refractivity contribution is -0.119. The molecule has 118 valence electrons. The Hall–Kier alpha value is -1.85. The highest BCUT2D eigenvalue weighted by Crippen LogP contribution is 2.28. The minimum absolute atomic E-state index is 0.229. The van der Waals surface area contributed by atoms with Gasteiger partial charge >= 0.3 is 6.03 Å². The number of hydrogen-bond donors (Lipinski definition) is 0. The van der Waals surface area contributed by atoms with E-state index in [4.69, 9.17) is 11.6 Å². The third-order valence-electron chi connectivity index (χ3n) is 3.81. The minimum Gasteiger partial charge on any atom is -0.308 e. The third-order valence-corrected chi connectivity index (χ3v) is 4.55. The van der Waals surface area contributed by atoms with E-state index in [-0.39, 0.29) is 11.9 Å². The molecular formula is C17H14BrClN2O2. The van der Waals surface area contributed by atoms with Crippen LogP contribution < -0.4 is 4.90 Å². The number of carbonyl (C=O) groups excluding carboxylic acids is 2. The number of anilines is 1. The van der Waals surface area contributed by atoms with Crippen molar-refractivity contribution in [3.8, 4) is 0 Å². The molecule has 2 aromatic carbocycles. The topological polar surface area (TPSA) is 40.6 Å². The molecule has 1 heterocycles. The predicted octanol–water partition coefficient (Wildman–Crippen LogP) is 4.46. The monoisotopic (exact) mass is 392 g/mol. The first-order valence-electron chi connectivity index (χ1n) is 7.12. The van der Waals surface area contributed by atoms with E-state index in [0.29, 0.717) is 17.3 Å². The van der Waals surface area contributed by atoms with Gasteiger partial charge in [0.2, 0.25) is 0 Å². The van der Waals surface area contributed by atoms with Crippen LogP contribution in [0.1, 0.15) is 12.5 Å². The van der Waals surface area contributed by atoms with Gasteiger partial charge in [0.15, 0.2) is 0 Å². The van der Waals surface area contributed by atoms with Crippen LogP contribution in [0, 0.1) is 0 Å². The van der Waals surface area contributed by atoms with E-state index >= 15 is 0 Å². The normalized spacial score (nSPS) is 18.0. The van der Waals surface area contributed by atoms with E-state index in [1.165, 1.54) is 4.90 Å². The first-order chi connectivity index (χ1) is 11.0. The summed E-state index contributed by atoms with van der Waals surface area (Å²) in [6.45, 7) is 2.13. The van der Waals surface area contributed by atoms with E-state index in [1.807, 2.05) is 24.3 Å². The van der Waals surface area contributed by atoms with Gasteiger partial charge in [0, 0.05) is 16.0 Å². The van der Waals surface area contributed by atoms with Crippen LogP contribution in [0.15, 0.2) is 53.0 Å². The van der Waals surface area contributed by atoms with Crippen molar-refractivity contribution in [3.63, 3.8) is 0 Å². The Morgan fingerprint density at radius 3 is 2.48 bits per heavy atom. The molecule has 0 aromatic heterocycles. The SMILES string of the molecule is C[C@H]1C(=O)N(c2ccc(Cl)cc2)C(=O)N1Cc1cccc(Br)c1. The third kappa shape index (κ3) is 3.12. The number of halogens is 2. The standard InChI is InChI=1S/C17H14BrClN2O2/c1-11-16(22)21(15-7-5-14(19)6-8-15)17(23)20(11)10-12-3-2-4-13(18)9-12/h2-9,11H,10H2,1H3/t11-/m0/s1. The lowest BCUT2D eigenvalue weighted by Gasteiger charge is -2.19. The fourth-order valence-electron chi connectivity index (χ4n) is 2.57. The van der Waals surface area contributed by atoms with E-state index < -0.39 is 6.04 Å². The van der Waals surface area contributed by atoms with Gasteiger partial charge in [-0.05, 0) is 48.9 Å². The number of urea groups is 1. The molecule has 0 aliphatic carbocycles. The lowest BCUT2D eigenvalue weighted by atomic mass is 10.2. The largest absolute Gasteiger partial charge is 0.332 e. The molecule has 0 N–H and O–H groups in total. The maximum Gasteiger partial charge on any atom is 0.332 e. The van der Waals surface area contributed by atoms with Gasteiger partial charge in [-0.2, -0.15) is 0 Å². The molecule has 3 amide bonds. The molecule has 0 spiro atoms. The van der Waals surface area contributed by atoms with Crippen LogP contribution >= 0.6 is 27.5 Å². The average molecular weight is 394 g/mol. The number of benzene rings is 2. The van der Waals surface area contributed by atoms with Crippen molar-refractivity contribution in [2.24, 2.45) is 0 Å². The molecule has 6 heteroatoms. The van der Waals surface area contributed by atoms with Crippen LogP contribution in [0.2, 0.25) is 5.02 Å². The number of nitrogens with zero attached hydrogens (tertiary/aromatic N) is 2. The molecule has 1 aliphatic rings. The van der Waals surface area contributed by atoms with Crippen molar-refractivity contribution >= 4 is 45.2 Å². The Kier molecular flexibility index (Phi) is 4.41. The molecule has 1 saturated heterocycles. The Labute approximate surface area is 147 Å². The molecule has 3 rings (SSSR count). The first kappa shape index (κ1) is 16.0. The van der Waals surface area contributed by atoms with E-state index in [0.717, 1.165) is 10.0 Å². The van der Waals surface area contributed by atoms with Crippen LogP contribution in [-0.4, -0.2) is 22.9 Å². The molecule has 1 aliphatic heterocycles. The van der Waals surface area contributed by atoms with Gasteiger partial charge in [0.05, 0.1) is 5.69 Å². The second-order valence-electron chi connectivity index (χ2n) is 5.37. The summed E-state index contributed by atoms with van der Waals surface area (Å²) in [5, 5.41) is 0.562. The van der Waals surface area contributed by atoms with Gasteiger partial charge in [-0.1, -0.05) is 39.7 Å². The summed E-state index contributed by atoms with van der Waals surface area (Å²) >= 11 is 9.28. The summed E-state index contributed by atoms with van der Waals surface area (Å²) in [6, 6.07) is 13.6. The maximum atomic E-state index is 12.7. The first-order valence-corrected chi connectivity index (χ1v) is 8.29. The van der Waals surface area contributed by atoms with E-state index in [1.54, 1.807) is 36.1 Å². The van der Waals surface area contributed by atoms with Crippen molar-refractivity contribution in [2.45, 2.75) is 19.5 Å². The van der Waals surface area contributed by atoms with Gasteiger partial charge in [-0.15, -0.1) is 0 Å². The fourth-order valence-corrected chi connectivity index (χ4v) is 3.15. The summed E-state index contributed by atoms with van der Waals surface area (Å²) in [4.78, 5) is 28.0. The van der Waals surface area contributed by atoms with Gasteiger partial charge in [0.1, 0.15) is 6.04 Å². The Bertz CT molecular complexity index is 763. The Balaban J connectivity index is 1.87. The van der Waals surface area contributed by atoms with Crippen molar-refractivity contribution in [1.82, 2.24) is 4.90 Å². The minimum atomic E-state index is -0.503. The highest BCUT2D eigenvalue weighted by atomic mass is 79.9. The van der Waals surface area contributed by atoms with Crippen LogP contribution in [0.4, 0.5) is 10.5 Å². The fraction of sp³-hybridized carbons (Fsp3) is 0.176.